The normalized spacial score (nSPS) is 11.9. The first-order valence-corrected chi connectivity index (χ1v) is 6.54. The van der Waals surface area contributed by atoms with Gasteiger partial charge in [0.15, 0.2) is 0 Å². The van der Waals surface area contributed by atoms with E-state index in [0.29, 0.717) is 18.2 Å². The van der Waals surface area contributed by atoms with Crippen molar-refractivity contribution in [1.82, 2.24) is 9.97 Å². The average molecular weight is 252 g/mol. The maximum atomic E-state index is 11.5. The standard InChI is InChI=1S/C13H24N4O/c1-5-13(14,6-2)8-15-10-7-11(18)17-12(16-10)9(3)4/h7,9H,5-6,8,14H2,1-4H3,(H2,15,16,17,18). The minimum Gasteiger partial charge on any atom is -0.368 e. The molecule has 1 heterocycles. The van der Waals surface area contributed by atoms with Gasteiger partial charge in [0.2, 0.25) is 0 Å². The number of hydrogen-bond donors (Lipinski definition) is 3. The Morgan fingerprint density at radius 3 is 2.56 bits per heavy atom. The van der Waals surface area contributed by atoms with Gasteiger partial charge in [0.25, 0.3) is 5.56 Å². The number of nitrogens with one attached hydrogen (secondary N) is 2. The third-order valence-electron chi connectivity index (χ3n) is 3.34. The van der Waals surface area contributed by atoms with Crippen LogP contribution in [0.5, 0.6) is 0 Å². The van der Waals surface area contributed by atoms with Crippen molar-refractivity contribution < 1.29 is 0 Å². The molecule has 5 heteroatoms. The lowest BCUT2D eigenvalue weighted by Gasteiger charge is -2.27. The first-order chi connectivity index (χ1) is 8.40. The molecule has 1 aromatic heterocycles. The summed E-state index contributed by atoms with van der Waals surface area (Å²) in [7, 11) is 0. The molecule has 0 aromatic carbocycles. The molecule has 0 bridgehead atoms. The number of nitrogens with zero attached hydrogens (tertiary/aromatic N) is 1. The lowest BCUT2D eigenvalue weighted by Crippen LogP contribution is -2.45. The van der Waals surface area contributed by atoms with E-state index in [4.69, 9.17) is 5.73 Å². The van der Waals surface area contributed by atoms with Gasteiger partial charge in [-0.2, -0.15) is 0 Å². The quantitative estimate of drug-likeness (QED) is 0.721. The molecule has 0 amide bonds. The third kappa shape index (κ3) is 3.84. The van der Waals surface area contributed by atoms with E-state index in [-0.39, 0.29) is 17.0 Å². The zero-order valence-corrected chi connectivity index (χ0v) is 11.7. The van der Waals surface area contributed by atoms with Crippen LogP contribution >= 0.6 is 0 Å². The molecule has 18 heavy (non-hydrogen) atoms. The molecule has 4 N–H and O–H groups in total. The summed E-state index contributed by atoms with van der Waals surface area (Å²) >= 11 is 0. The molecular formula is C13H24N4O. The van der Waals surface area contributed by atoms with Crippen molar-refractivity contribution in [2.45, 2.75) is 52.0 Å². The average Bonchev–Trinajstić information content (AvgIpc) is 2.35. The summed E-state index contributed by atoms with van der Waals surface area (Å²) < 4.78 is 0. The topological polar surface area (TPSA) is 83.8 Å². The molecule has 0 aliphatic rings. The Labute approximate surface area is 108 Å². The van der Waals surface area contributed by atoms with Crippen molar-refractivity contribution >= 4 is 5.82 Å². The number of nitrogens with two attached hydrogens (primary N) is 1. The first kappa shape index (κ1) is 14.7. The number of aromatic nitrogens is 2. The molecule has 0 spiro atoms. The highest BCUT2D eigenvalue weighted by Crippen LogP contribution is 2.13. The summed E-state index contributed by atoms with van der Waals surface area (Å²) in [6.45, 7) is 8.74. The van der Waals surface area contributed by atoms with Gasteiger partial charge in [-0.3, -0.25) is 4.79 Å². The Bertz CT molecular complexity index is 435. The lowest BCUT2D eigenvalue weighted by atomic mass is 9.94. The molecule has 102 valence electrons. The fraction of sp³-hybridized carbons (Fsp3) is 0.692. The molecule has 0 aliphatic carbocycles. The van der Waals surface area contributed by atoms with Crippen LogP contribution in [0.15, 0.2) is 10.9 Å². The van der Waals surface area contributed by atoms with E-state index in [9.17, 15) is 4.79 Å². The van der Waals surface area contributed by atoms with Crippen LogP contribution in [0, 0.1) is 0 Å². The Balaban J connectivity index is 2.82. The van der Waals surface area contributed by atoms with Crippen molar-refractivity contribution in [1.29, 1.82) is 0 Å². The summed E-state index contributed by atoms with van der Waals surface area (Å²) in [4.78, 5) is 18.6. The molecule has 0 unspecified atom stereocenters. The molecular weight excluding hydrogens is 228 g/mol. The molecule has 0 radical (unpaired) electrons. The van der Waals surface area contributed by atoms with Crippen LogP contribution in [-0.2, 0) is 0 Å². The monoisotopic (exact) mass is 252 g/mol. The maximum Gasteiger partial charge on any atom is 0.252 e. The number of hydrogen-bond acceptors (Lipinski definition) is 4. The second-order valence-corrected chi connectivity index (χ2v) is 5.09. The summed E-state index contributed by atoms with van der Waals surface area (Å²) in [5.41, 5.74) is 5.82. The van der Waals surface area contributed by atoms with Crippen LogP contribution in [0.1, 0.15) is 52.3 Å². The summed E-state index contributed by atoms with van der Waals surface area (Å²) in [5.74, 6) is 1.49. The van der Waals surface area contributed by atoms with E-state index < -0.39 is 0 Å². The number of rotatable bonds is 6. The zero-order chi connectivity index (χ0) is 13.8. The summed E-state index contributed by atoms with van der Waals surface area (Å²) in [5, 5.41) is 3.17. The molecule has 1 aromatic rings. The SMILES string of the molecule is CCC(N)(CC)CNc1cc(=O)[nH]c(C(C)C)n1. The fourth-order valence-corrected chi connectivity index (χ4v) is 1.61. The van der Waals surface area contributed by atoms with Gasteiger partial charge in [0.05, 0.1) is 0 Å². The highest BCUT2D eigenvalue weighted by atomic mass is 16.1. The van der Waals surface area contributed by atoms with Crippen LogP contribution in [0.2, 0.25) is 0 Å². The zero-order valence-electron chi connectivity index (χ0n) is 11.7. The van der Waals surface area contributed by atoms with Crippen LogP contribution < -0.4 is 16.6 Å². The molecule has 1 rings (SSSR count). The van der Waals surface area contributed by atoms with Gasteiger partial charge in [-0.25, -0.2) is 4.98 Å². The highest BCUT2D eigenvalue weighted by Gasteiger charge is 2.20. The summed E-state index contributed by atoms with van der Waals surface area (Å²) in [6.07, 6.45) is 1.77. The predicted molar refractivity (Wildman–Crippen MR) is 74.9 cm³/mol. The Morgan fingerprint density at radius 2 is 2.06 bits per heavy atom. The predicted octanol–water partition coefficient (Wildman–Crippen LogP) is 1.82. The van der Waals surface area contributed by atoms with Gasteiger partial charge < -0.3 is 16.0 Å². The van der Waals surface area contributed by atoms with E-state index >= 15 is 0 Å². The van der Waals surface area contributed by atoms with E-state index in [2.05, 4.69) is 29.1 Å². The van der Waals surface area contributed by atoms with Gasteiger partial charge in [-0.05, 0) is 12.8 Å². The molecule has 0 saturated carbocycles. The van der Waals surface area contributed by atoms with Gasteiger partial charge in [0, 0.05) is 24.1 Å². The summed E-state index contributed by atoms with van der Waals surface area (Å²) in [6, 6.07) is 1.47. The van der Waals surface area contributed by atoms with Crippen molar-refractivity contribution in [2.24, 2.45) is 5.73 Å². The smallest absolute Gasteiger partial charge is 0.252 e. The van der Waals surface area contributed by atoms with Crippen molar-refractivity contribution in [3.63, 3.8) is 0 Å². The Kier molecular flexibility index (Phi) is 4.90. The fourth-order valence-electron chi connectivity index (χ4n) is 1.61. The second-order valence-electron chi connectivity index (χ2n) is 5.09. The Hall–Kier alpha value is -1.36. The van der Waals surface area contributed by atoms with Crippen molar-refractivity contribution in [3.05, 3.63) is 22.2 Å². The molecule has 5 nitrogen and oxygen atoms in total. The van der Waals surface area contributed by atoms with E-state index in [1.165, 1.54) is 6.07 Å². The highest BCUT2D eigenvalue weighted by molar-refractivity contribution is 5.34. The van der Waals surface area contributed by atoms with E-state index in [1.54, 1.807) is 0 Å². The van der Waals surface area contributed by atoms with Crippen molar-refractivity contribution in [2.75, 3.05) is 11.9 Å². The minimum atomic E-state index is -0.248. The third-order valence-corrected chi connectivity index (χ3v) is 3.34. The van der Waals surface area contributed by atoms with Crippen LogP contribution in [-0.4, -0.2) is 22.1 Å². The largest absolute Gasteiger partial charge is 0.368 e. The van der Waals surface area contributed by atoms with E-state index in [1.807, 2.05) is 13.8 Å². The first-order valence-electron chi connectivity index (χ1n) is 6.54. The molecule has 0 aliphatic heterocycles. The van der Waals surface area contributed by atoms with Crippen molar-refractivity contribution in [3.8, 4) is 0 Å². The van der Waals surface area contributed by atoms with Crippen LogP contribution in [0.25, 0.3) is 0 Å². The Morgan fingerprint density at radius 1 is 1.44 bits per heavy atom. The van der Waals surface area contributed by atoms with Gasteiger partial charge in [-0.15, -0.1) is 0 Å². The molecule has 0 atom stereocenters. The van der Waals surface area contributed by atoms with Gasteiger partial charge in [0.1, 0.15) is 11.6 Å². The number of aromatic amines is 1. The van der Waals surface area contributed by atoms with E-state index in [0.717, 1.165) is 12.8 Å². The van der Waals surface area contributed by atoms with Crippen LogP contribution in [0.3, 0.4) is 0 Å². The van der Waals surface area contributed by atoms with Gasteiger partial charge >= 0.3 is 0 Å². The second kappa shape index (κ2) is 6.00. The maximum absolute atomic E-state index is 11.5. The van der Waals surface area contributed by atoms with Gasteiger partial charge in [-0.1, -0.05) is 27.7 Å². The van der Waals surface area contributed by atoms with Crippen LogP contribution in [0.4, 0.5) is 5.82 Å². The number of H-pyrrole nitrogens is 1. The minimum absolute atomic E-state index is 0.133. The molecule has 0 saturated heterocycles. The molecule has 0 fully saturated rings. The lowest BCUT2D eigenvalue weighted by molar-refractivity contribution is 0.417. The number of anilines is 1.